The van der Waals surface area contributed by atoms with Crippen molar-refractivity contribution >= 4 is 40.6 Å². The van der Waals surface area contributed by atoms with Gasteiger partial charge in [-0.05, 0) is 49.4 Å². The van der Waals surface area contributed by atoms with Gasteiger partial charge in [-0.2, -0.15) is 11.8 Å². The Balaban J connectivity index is 1.47. The van der Waals surface area contributed by atoms with Crippen LogP contribution in [0.5, 0.6) is 0 Å². The van der Waals surface area contributed by atoms with Crippen molar-refractivity contribution in [2.75, 3.05) is 29.9 Å². The Kier molecular flexibility index (Phi) is 6.60. The normalized spacial score (nSPS) is 17.9. The van der Waals surface area contributed by atoms with Crippen molar-refractivity contribution in [3.8, 4) is 0 Å². The standard InChI is InChI=1S/C23H28N2O2S2/c1-16-19(23(27)25-10-12-28-13-11-25)8-5-9-20(16)24-22(26)18-14-21(29-15-18)17-6-3-2-4-7-17/h5,8-9,14-15,17H,2-4,6-7,10-13H2,1H3,(H,24,26). The van der Waals surface area contributed by atoms with Gasteiger partial charge >= 0.3 is 0 Å². The lowest BCUT2D eigenvalue weighted by molar-refractivity contribution is 0.0771. The lowest BCUT2D eigenvalue weighted by atomic mass is 9.88. The van der Waals surface area contributed by atoms with Crippen LogP contribution in [0.25, 0.3) is 0 Å². The number of benzene rings is 1. The quantitative estimate of drug-likeness (QED) is 0.695. The van der Waals surface area contributed by atoms with Crippen molar-refractivity contribution in [3.63, 3.8) is 0 Å². The molecule has 29 heavy (non-hydrogen) atoms. The number of thioether (sulfide) groups is 1. The molecular weight excluding hydrogens is 400 g/mol. The minimum absolute atomic E-state index is 0.0639. The number of nitrogens with one attached hydrogen (secondary N) is 1. The minimum Gasteiger partial charge on any atom is -0.337 e. The number of anilines is 1. The summed E-state index contributed by atoms with van der Waals surface area (Å²) >= 11 is 3.59. The number of thiophene rings is 1. The summed E-state index contributed by atoms with van der Waals surface area (Å²) < 4.78 is 0. The van der Waals surface area contributed by atoms with Crippen LogP contribution in [0.4, 0.5) is 5.69 Å². The highest BCUT2D eigenvalue weighted by Crippen LogP contribution is 2.36. The van der Waals surface area contributed by atoms with Gasteiger partial charge in [0.05, 0.1) is 5.56 Å². The van der Waals surface area contributed by atoms with Crippen LogP contribution >= 0.6 is 23.1 Å². The fourth-order valence-electron chi connectivity index (χ4n) is 4.21. The Morgan fingerprint density at radius 1 is 1.10 bits per heavy atom. The van der Waals surface area contributed by atoms with Gasteiger partial charge in [0.25, 0.3) is 11.8 Å². The fraction of sp³-hybridized carbons (Fsp3) is 0.478. The van der Waals surface area contributed by atoms with Crippen LogP contribution in [0.15, 0.2) is 29.6 Å². The van der Waals surface area contributed by atoms with Gasteiger partial charge in [-0.25, -0.2) is 0 Å². The summed E-state index contributed by atoms with van der Waals surface area (Å²) in [7, 11) is 0. The van der Waals surface area contributed by atoms with E-state index in [-0.39, 0.29) is 11.8 Å². The van der Waals surface area contributed by atoms with Gasteiger partial charge in [0.2, 0.25) is 0 Å². The summed E-state index contributed by atoms with van der Waals surface area (Å²) in [5.74, 6) is 2.56. The summed E-state index contributed by atoms with van der Waals surface area (Å²) in [4.78, 5) is 29.0. The van der Waals surface area contributed by atoms with Crippen LogP contribution in [0.1, 0.15) is 69.2 Å². The third-order valence-corrected chi connectivity index (χ3v) is 8.04. The fourth-order valence-corrected chi connectivity index (χ4v) is 6.17. The summed E-state index contributed by atoms with van der Waals surface area (Å²) in [5, 5.41) is 5.00. The van der Waals surface area contributed by atoms with Crippen LogP contribution in [0, 0.1) is 6.92 Å². The molecule has 4 rings (SSSR count). The highest BCUT2D eigenvalue weighted by molar-refractivity contribution is 7.99. The van der Waals surface area contributed by atoms with Crippen molar-refractivity contribution < 1.29 is 9.59 Å². The van der Waals surface area contributed by atoms with Crippen LogP contribution in [0.2, 0.25) is 0 Å². The maximum absolute atomic E-state index is 12.9. The molecule has 1 N–H and O–H groups in total. The van der Waals surface area contributed by atoms with Gasteiger partial charge in [0, 0.05) is 46.1 Å². The first-order valence-electron chi connectivity index (χ1n) is 10.5. The van der Waals surface area contributed by atoms with Gasteiger partial charge < -0.3 is 10.2 Å². The molecule has 0 bridgehead atoms. The Hall–Kier alpha value is -1.79. The smallest absolute Gasteiger partial charge is 0.256 e. The highest BCUT2D eigenvalue weighted by atomic mass is 32.2. The Bertz CT molecular complexity index is 881. The molecule has 2 aromatic rings. The van der Waals surface area contributed by atoms with E-state index in [0.29, 0.717) is 11.5 Å². The molecule has 4 nitrogen and oxygen atoms in total. The Morgan fingerprint density at radius 2 is 1.86 bits per heavy atom. The summed E-state index contributed by atoms with van der Waals surface area (Å²) in [6.07, 6.45) is 6.39. The van der Waals surface area contributed by atoms with E-state index in [9.17, 15) is 9.59 Å². The van der Waals surface area contributed by atoms with E-state index in [1.807, 2.05) is 47.2 Å². The van der Waals surface area contributed by atoms with E-state index in [2.05, 4.69) is 11.4 Å². The molecule has 1 saturated carbocycles. The number of carbonyl (C=O) groups is 2. The third kappa shape index (κ3) is 4.69. The third-order valence-electron chi connectivity index (χ3n) is 6.00. The molecular formula is C23H28N2O2S2. The predicted octanol–water partition coefficient (Wildman–Crippen LogP) is 5.55. The molecule has 1 saturated heterocycles. The number of nitrogens with zero attached hydrogens (tertiary/aromatic N) is 1. The van der Waals surface area contributed by atoms with Crippen LogP contribution in [-0.4, -0.2) is 41.3 Å². The van der Waals surface area contributed by atoms with Gasteiger partial charge in [0.15, 0.2) is 0 Å². The predicted molar refractivity (Wildman–Crippen MR) is 123 cm³/mol. The van der Waals surface area contributed by atoms with Crippen molar-refractivity contribution in [2.24, 2.45) is 0 Å². The zero-order valence-corrected chi connectivity index (χ0v) is 18.5. The number of amides is 2. The van der Waals surface area contributed by atoms with Crippen LogP contribution < -0.4 is 5.32 Å². The van der Waals surface area contributed by atoms with E-state index in [4.69, 9.17) is 0 Å². The highest BCUT2D eigenvalue weighted by Gasteiger charge is 2.22. The first kappa shape index (κ1) is 20.5. The van der Waals surface area contributed by atoms with Crippen molar-refractivity contribution in [2.45, 2.75) is 44.9 Å². The second-order valence-corrected chi connectivity index (χ2v) is 10.1. The molecule has 2 heterocycles. The van der Waals surface area contributed by atoms with Gasteiger partial charge in [0.1, 0.15) is 0 Å². The topological polar surface area (TPSA) is 49.4 Å². The Labute approximate surface area is 181 Å². The molecule has 1 aromatic carbocycles. The number of rotatable bonds is 4. The zero-order valence-electron chi connectivity index (χ0n) is 16.9. The molecule has 0 spiro atoms. The lowest BCUT2D eigenvalue weighted by Gasteiger charge is -2.27. The van der Waals surface area contributed by atoms with Crippen LogP contribution in [0.3, 0.4) is 0 Å². The molecule has 2 fully saturated rings. The van der Waals surface area contributed by atoms with Gasteiger partial charge in [-0.15, -0.1) is 11.3 Å². The number of hydrogen-bond donors (Lipinski definition) is 1. The van der Waals surface area contributed by atoms with E-state index < -0.39 is 0 Å². The molecule has 2 aliphatic rings. The maximum Gasteiger partial charge on any atom is 0.256 e. The zero-order chi connectivity index (χ0) is 20.2. The van der Waals surface area contributed by atoms with Crippen molar-refractivity contribution in [1.29, 1.82) is 0 Å². The molecule has 154 valence electrons. The minimum atomic E-state index is -0.0922. The monoisotopic (exact) mass is 428 g/mol. The van der Waals surface area contributed by atoms with Crippen molar-refractivity contribution in [1.82, 2.24) is 4.90 Å². The second kappa shape index (κ2) is 9.35. The summed E-state index contributed by atoms with van der Waals surface area (Å²) in [5.41, 5.74) is 2.96. The molecule has 1 aliphatic heterocycles. The van der Waals surface area contributed by atoms with Gasteiger partial charge in [-0.3, -0.25) is 9.59 Å². The molecule has 1 aromatic heterocycles. The van der Waals surface area contributed by atoms with Gasteiger partial charge in [-0.1, -0.05) is 25.3 Å². The average Bonchev–Trinajstić information content (AvgIpc) is 3.26. The summed E-state index contributed by atoms with van der Waals surface area (Å²) in [6, 6.07) is 7.66. The van der Waals surface area contributed by atoms with E-state index in [1.165, 1.54) is 37.0 Å². The summed E-state index contributed by atoms with van der Waals surface area (Å²) in [6.45, 7) is 3.50. The molecule has 6 heteroatoms. The lowest BCUT2D eigenvalue weighted by Crippen LogP contribution is -2.38. The SMILES string of the molecule is Cc1c(NC(=O)c2csc(C3CCCCC3)c2)cccc1C(=O)N1CCSCC1. The average molecular weight is 429 g/mol. The van der Waals surface area contributed by atoms with Crippen molar-refractivity contribution in [3.05, 3.63) is 51.2 Å². The van der Waals surface area contributed by atoms with E-state index in [0.717, 1.165) is 41.4 Å². The number of carbonyl (C=O) groups excluding carboxylic acids is 2. The maximum atomic E-state index is 12.9. The number of hydrogen-bond acceptors (Lipinski definition) is 4. The largest absolute Gasteiger partial charge is 0.337 e. The second-order valence-electron chi connectivity index (χ2n) is 7.91. The first-order valence-corrected chi connectivity index (χ1v) is 12.5. The van der Waals surface area contributed by atoms with E-state index >= 15 is 0 Å². The van der Waals surface area contributed by atoms with E-state index in [1.54, 1.807) is 11.3 Å². The first-order chi connectivity index (χ1) is 14.1. The molecule has 2 amide bonds. The van der Waals surface area contributed by atoms with Crippen LogP contribution in [-0.2, 0) is 0 Å². The Morgan fingerprint density at radius 3 is 2.62 bits per heavy atom. The molecule has 0 unspecified atom stereocenters. The molecule has 1 aliphatic carbocycles. The molecule has 0 atom stereocenters. The molecule has 0 radical (unpaired) electrons.